The number of rotatable bonds is 6. The van der Waals surface area contributed by atoms with E-state index in [0.29, 0.717) is 5.75 Å². The molecule has 0 unspecified atom stereocenters. The molecule has 1 fully saturated rings. The fourth-order valence-electron chi connectivity index (χ4n) is 3.37. The molecule has 3 aromatic rings. The lowest BCUT2D eigenvalue weighted by Crippen LogP contribution is -2.36. The number of pyridine rings is 1. The molecule has 1 aliphatic rings. The Morgan fingerprint density at radius 1 is 1.21 bits per heavy atom. The topological polar surface area (TPSA) is 79.3 Å². The number of nitrogens with one attached hydrogen (secondary N) is 2. The highest BCUT2D eigenvalue weighted by molar-refractivity contribution is 7.22. The van der Waals surface area contributed by atoms with Crippen LogP contribution in [-0.4, -0.2) is 34.3 Å². The molecule has 0 spiro atoms. The van der Waals surface area contributed by atoms with Crippen molar-refractivity contribution in [3.05, 3.63) is 48.8 Å². The molecule has 28 heavy (non-hydrogen) atoms. The maximum absolute atomic E-state index is 10.2. The van der Waals surface area contributed by atoms with Gasteiger partial charge in [0.25, 0.3) is 0 Å². The fourth-order valence-corrected chi connectivity index (χ4v) is 4.33. The third-order valence-corrected chi connectivity index (χ3v) is 5.93. The molecule has 6 nitrogen and oxygen atoms in total. The highest BCUT2D eigenvalue weighted by atomic mass is 32.1. The second-order valence-electron chi connectivity index (χ2n) is 6.96. The summed E-state index contributed by atoms with van der Waals surface area (Å²) in [6.45, 7) is 3.93. The third kappa shape index (κ3) is 4.10. The minimum absolute atomic E-state index is 0.0838. The molecule has 3 N–H and O–H groups in total. The Bertz CT molecular complexity index is 987. The highest BCUT2D eigenvalue weighted by Gasteiger charge is 2.23. The van der Waals surface area contributed by atoms with Gasteiger partial charge in [0.2, 0.25) is 0 Å². The standard InChI is InChI=1S/C21H24N4O2S/c1-13(22-2)18-11-15(9-10-23-18)27-14-7-8-17-20(12-14)28-21(25-17)24-16-5-3-4-6-19(16)26/h7-12,16,19,22,26H,1,3-6H2,2H3,(H,24,25)/t16-,19-/m1/s1. The first kappa shape index (κ1) is 18.7. The van der Waals surface area contributed by atoms with Crippen LogP contribution in [0.2, 0.25) is 0 Å². The van der Waals surface area contributed by atoms with Gasteiger partial charge in [0, 0.05) is 25.4 Å². The lowest BCUT2D eigenvalue weighted by Gasteiger charge is -2.27. The van der Waals surface area contributed by atoms with Crippen molar-refractivity contribution >= 4 is 32.4 Å². The van der Waals surface area contributed by atoms with Gasteiger partial charge in [-0.1, -0.05) is 30.8 Å². The molecule has 0 saturated heterocycles. The monoisotopic (exact) mass is 396 g/mol. The molecule has 1 saturated carbocycles. The lowest BCUT2D eigenvalue weighted by atomic mass is 9.93. The van der Waals surface area contributed by atoms with Crippen LogP contribution in [0.4, 0.5) is 5.13 Å². The normalized spacial score (nSPS) is 19.4. The molecule has 7 heteroatoms. The van der Waals surface area contributed by atoms with E-state index in [2.05, 4.69) is 27.2 Å². The first-order chi connectivity index (χ1) is 13.6. The highest BCUT2D eigenvalue weighted by Crippen LogP contribution is 2.33. The van der Waals surface area contributed by atoms with E-state index in [1.807, 2.05) is 37.4 Å². The molecule has 2 aromatic heterocycles. The molecular formula is C21H24N4O2S. The van der Waals surface area contributed by atoms with E-state index in [1.54, 1.807) is 17.5 Å². The average Bonchev–Trinajstić information content (AvgIpc) is 3.11. The molecule has 0 amide bonds. The summed E-state index contributed by atoms with van der Waals surface area (Å²) in [6, 6.07) is 9.61. The Kier molecular flexibility index (Phi) is 5.45. The van der Waals surface area contributed by atoms with Crippen molar-refractivity contribution in [3.8, 4) is 11.5 Å². The molecular weight excluding hydrogens is 372 g/mol. The van der Waals surface area contributed by atoms with Crippen LogP contribution in [0.5, 0.6) is 11.5 Å². The SMILES string of the molecule is C=C(NC)c1cc(Oc2ccc3nc(N[C@@H]4CCCC[C@H]4O)sc3c2)ccn1. The van der Waals surface area contributed by atoms with Crippen LogP contribution in [0.3, 0.4) is 0 Å². The summed E-state index contributed by atoms with van der Waals surface area (Å²) in [5, 5.41) is 17.4. The summed E-state index contributed by atoms with van der Waals surface area (Å²) in [7, 11) is 1.81. The molecule has 1 aromatic carbocycles. The van der Waals surface area contributed by atoms with Crippen LogP contribution in [0, 0.1) is 0 Å². The van der Waals surface area contributed by atoms with E-state index in [0.717, 1.165) is 58.2 Å². The minimum Gasteiger partial charge on any atom is -0.457 e. The van der Waals surface area contributed by atoms with Crippen molar-refractivity contribution in [1.82, 2.24) is 15.3 Å². The van der Waals surface area contributed by atoms with Gasteiger partial charge in [-0.25, -0.2) is 4.98 Å². The quantitative estimate of drug-likeness (QED) is 0.573. The van der Waals surface area contributed by atoms with Gasteiger partial charge in [0.15, 0.2) is 5.13 Å². The smallest absolute Gasteiger partial charge is 0.184 e. The van der Waals surface area contributed by atoms with Crippen LogP contribution < -0.4 is 15.4 Å². The number of aromatic nitrogens is 2. The van der Waals surface area contributed by atoms with Crippen LogP contribution in [0.1, 0.15) is 31.4 Å². The van der Waals surface area contributed by atoms with Crippen molar-refractivity contribution in [2.75, 3.05) is 12.4 Å². The van der Waals surface area contributed by atoms with Gasteiger partial charge in [0.1, 0.15) is 11.5 Å². The first-order valence-electron chi connectivity index (χ1n) is 9.48. The number of hydrogen-bond donors (Lipinski definition) is 3. The van der Waals surface area contributed by atoms with Crippen molar-refractivity contribution < 1.29 is 9.84 Å². The Balaban J connectivity index is 1.51. The Hall–Kier alpha value is -2.64. The van der Waals surface area contributed by atoms with Gasteiger partial charge in [-0.3, -0.25) is 4.98 Å². The largest absolute Gasteiger partial charge is 0.457 e. The van der Waals surface area contributed by atoms with Gasteiger partial charge in [-0.2, -0.15) is 0 Å². The maximum Gasteiger partial charge on any atom is 0.184 e. The maximum atomic E-state index is 10.2. The fraction of sp³-hybridized carbons (Fsp3) is 0.333. The number of aliphatic hydroxyl groups is 1. The van der Waals surface area contributed by atoms with E-state index in [4.69, 9.17) is 4.74 Å². The zero-order valence-electron chi connectivity index (χ0n) is 15.8. The number of aliphatic hydroxyl groups excluding tert-OH is 1. The molecule has 2 atom stereocenters. The van der Waals surface area contributed by atoms with Crippen LogP contribution in [-0.2, 0) is 0 Å². The first-order valence-corrected chi connectivity index (χ1v) is 10.3. The van der Waals surface area contributed by atoms with E-state index >= 15 is 0 Å². The lowest BCUT2D eigenvalue weighted by molar-refractivity contribution is 0.116. The molecule has 0 aliphatic heterocycles. The van der Waals surface area contributed by atoms with Crippen LogP contribution in [0.25, 0.3) is 15.9 Å². The zero-order chi connectivity index (χ0) is 19.5. The summed E-state index contributed by atoms with van der Waals surface area (Å²) < 4.78 is 7.05. The minimum atomic E-state index is -0.298. The molecule has 2 heterocycles. The number of thiazole rings is 1. The Morgan fingerprint density at radius 3 is 2.86 bits per heavy atom. The molecule has 4 rings (SSSR count). The van der Waals surface area contributed by atoms with E-state index in [9.17, 15) is 5.11 Å². The van der Waals surface area contributed by atoms with Gasteiger partial charge in [-0.15, -0.1) is 0 Å². The predicted molar refractivity (Wildman–Crippen MR) is 114 cm³/mol. The predicted octanol–water partition coefficient (Wildman–Crippen LogP) is 4.39. The number of benzene rings is 1. The zero-order valence-corrected chi connectivity index (χ0v) is 16.6. The summed E-state index contributed by atoms with van der Waals surface area (Å²) in [4.78, 5) is 8.94. The summed E-state index contributed by atoms with van der Waals surface area (Å²) >= 11 is 1.58. The second-order valence-corrected chi connectivity index (χ2v) is 7.99. The number of hydrogen-bond acceptors (Lipinski definition) is 7. The number of anilines is 1. The number of nitrogens with zero attached hydrogens (tertiary/aromatic N) is 2. The van der Waals surface area contributed by atoms with Crippen molar-refractivity contribution in [2.24, 2.45) is 0 Å². The van der Waals surface area contributed by atoms with E-state index in [-0.39, 0.29) is 12.1 Å². The van der Waals surface area contributed by atoms with Crippen LogP contribution >= 0.6 is 11.3 Å². The molecule has 146 valence electrons. The van der Waals surface area contributed by atoms with Crippen molar-refractivity contribution in [2.45, 2.75) is 37.8 Å². The average molecular weight is 397 g/mol. The Morgan fingerprint density at radius 2 is 2.04 bits per heavy atom. The second kappa shape index (κ2) is 8.16. The summed E-state index contributed by atoms with van der Waals surface area (Å²) in [6.07, 6.45) is 5.48. The third-order valence-electron chi connectivity index (χ3n) is 4.98. The van der Waals surface area contributed by atoms with Gasteiger partial charge >= 0.3 is 0 Å². The Labute approximate surface area is 168 Å². The summed E-state index contributed by atoms with van der Waals surface area (Å²) in [5.74, 6) is 1.45. The van der Waals surface area contributed by atoms with Gasteiger partial charge < -0.3 is 20.5 Å². The molecule has 0 bridgehead atoms. The number of fused-ring (bicyclic) bond motifs is 1. The molecule has 0 radical (unpaired) electrons. The molecule has 1 aliphatic carbocycles. The van der Waals surface area contributed by atoms with E-state index in [1.165, 1.54) is 0 Å². The van der Waals surface area contributed by atoms with Crippen molar-refractivity contribution in [3.63, 3.8) is 0 Å². The van der Waals surface area contributed by atoms with Gasteiger partial charge in [0.05, 0.1) is 33.8 Å². The van der Waals surface area contributed by atoms with E-state index < -0.39 is 0 Å². The van der Waals surface area contributed by atoms with Crippen LogP contribution in [0.15, 0.2) is 43.1 Å². The summed E-state index contributed by atoms with van der Waals surface area (Å²) in [5.41, 5.74) is 2.41. The number of ether oxygens (including phenoxy) is 1. The van der Waals surface area contributed by atoms with Gasteiger partial charge in [-0.05, 0) is 31.0 Å². The van der Waals surface area contributed by atoms with Crippen molar-refractivity contribution in [1.29, 1.82) is 0 Å².